The second-order valence-corrected chi connectivity index (χ2v) is 9.30. The van der Waals surface area contributed by atoms with Crippen molar-refractivity contribution in [2.75, 3.05) is 0 Å². The van der Waals surface area contributed by atoms with Gasteiger partial charge < -0.3 is 13.9 Å². The maximum atomic E-state index is 6.28. The van der Waals surface area contributed by atoms with Crippen molar-refractivity contribution in [1.82, 2.24) is 19.1 Å². The quantitative estimate of drug-likeness (QED) is 0.219. The van der Waals surface area contributed by atoms with Gasteiger partial charge in [0.15, 0.2) is 0 Å². The summed E-state index contributed by atoms with van der Waals surface area (Å²) >= 11 is 0. The highest BCUT2D eigenvalue weighted by atomic mass is 16.5. The van der Waals surface area contributed by atoms with E-state index in [0.29, 0.717) is 13.2 Å². The van der Waals surface area contributed by atoms with Crippen molar-refractivity contribution in [3.8, 4) is 0 Å². The fraction of sp³-hybridized carbons (Fsp3) is 0.188. The number of nitrogens with zero attached hydrogens (tertiary/aromatic N) is 4. The smallest absolute Gasteiger partial charge is 0.136 e. The lowest BCUT2D eigenvalue weighted by atomic mass is 10.1. The van der Waals surface area contributed by atoms with Crippen LogP contribution in [0.3, 0.4) is 0 Å². The largest absolute Gasteiger partial charge is 0.366 e. The molecule has 0 saturated carbocycles. The van der Waals surface area contributed by atoms with Crippen molar-refractivity contribution in [3.05, 3.63) is 132 Å². The standard InChI is InChI=1S/C32H30N4O/c1-3-11-25(12-4-1)19-21-35-29-17-9-7-15-27(29)33-31(35)23-37-24-32-34-28-16-8-10-18-30(28)36(32)22-20-26-13-5-2-6-14-26/h1-18H,19-24H2. The molecular formula is C32H30N4O. The molecule has 5 heteroatoms. The Kier molecular flexibility index (Phi) is 6.78. The van der Waals surface area contributed by atoms with Crippen LogP contribution >= 0.6 is 0 Å². The summed E-state index contributed by atoms with van der Waals surface area (Å²) in [5.74, 6) is 1.90. The van der Waals surface area contributed by atoms with Crippen LogP contribution in [0, 0.1) is 0 Å². The van der Waals surface area contributed by atoms with Crippen LogP contribution in [0.5, 0.6) is 0 Å². The average Bonchev–Trinajstić information content (AvgIpc) is 3.49. The third-order valence-corrected chi connectivity index (χ3v) is 6.86. The van der Waals surface area contributed by atoms with Crippen LogP contribution in [-0.4, -0.2) is 19.1 Å². The van der Waals surface area contributed by atoms with E-state index in [9.17, 15) is 0 Å². The average molecular weight is 487 g/mol. The van der Waals surface area contributed by atoms with Gasteiger partial charge in [0.2, 0.25) is 0 Å². The van der Waals surface area contributed by atoms with Gasteiger partial charge in [0.25, 0.3) is 0 Å². The normalized spacial score (nSPS) is 11.5. The molecule has 0 N–H and O–H groups in total. The fourth-order valence-corrected chi connectivity index (χ4v) is 4.97. The van der Waals surface area contributed by atoms with Gasteiger partial charge in [-0.2, -0.15) is 0 Å². The summed E-state index contributed by atoms with van der Waals surface area (Å²) in [5.41, 5.74) is 6.94. The highest BCUT2D eigenvalue weighted by Gasteiger charge is 2.14. The molecule has 184 valence electrons. The second kappa shape index (κ2) is 10.8. The SMILES string of the molecule is c1ccc(CCn2c(COCc3nc4ccccc4n3CCc3ccccc3)nc3ccccc32)cc1. The number of fused-ring (bicyclic) bond motifs is 2. The Morgan fingerprint density at radius 1 is 0.486 bits per heavy atom. The zero-order valence-electron chi connectivity index (χ0n) is 20.8. The third kappa shape index (κ3) is 5.18. The molecule has 0 radical (unpaired) electrons. The maximum Gasteiger partial charge on any atom is 0.136 e. The number of hydrogen-bond donors (Lipinski definition) is 0. The van der Waals surface area contributed by atoms with E-state index >= 15 is 0 Å². The molecule has 0 amide bonds. The summed E-state index contributed by atoms with van der Waals surface area (Å²) in [6.07, 6.45) is 1.90. The van der Waals surface area contributed by atoms with Crippen molar-refractivity contribution < 1.29 is 4.74 Å². The molecule has 6 aromatic rings. The van der Waals surface area contributed by atoms with Crippen molar-refractivity contribution in [2.45, 2.75) is 39.1 Å². The molecule has 2 heterocycles. The molecule has 0 aliphatic rings. The van der Waals surface area contributed by atoms with E-state index in [4.69, 9.17) is 14.7 Å². The van der Waals surface area contributed by atoms with Crippen LogP contribution in [0.25, 0.3) is 22.1 Å². The molecule has 0 fully saturated rings. The second-order valence-electron chi connectivity index (χ2n) is 9.30. The molecule has 37 heavy (non-hydrogen) atoms. The van der Waals surface area contributed by atoms with Gasteiger partial charge in [-0.05, 0) is 48.2 Å². The third-order valence-electron chi connectivity index (χ3n) is 6.86. The number of aromatic nitrogens is 4. The van der Waals surface area contributed by atoms with Crippen molar-refractivity contribution in [1.29, 1.82) is 0 Å². The van der Waals surface area contributed by atoms with Crippen LogP contribution in [0.15, 0.2) is 109 Å². The van der Waals surface area contributed by atoms with E-state index in [2.05, 4.69) is 106 Å². The first-order valence-corrected chi connectivity index (χ1v) is 12.9. The number of rotatable bonds is 10. The summed E-state index contributed by atoms with van der Waals surface area (Å²) in [6.45, 7) is 2.59. The van der Waals surface area contributed by atoms with Gasteiger partial charge in [0.1, 0.15) is 24.9 Å². The first-order chi connectivity index (χ1) is 18.3. The monoisotopic (exact) mass is 486 g/mol. The van der Waals surface area contributed by atoms with E-state index in [1.54, 1.807) is 0 Å². The van der Waals surface area contributed by atoms with Gasteiger partial charge in [-0.3, -0.25) is 0 Å². The number of aryl methyl sites for hydroxylation is 4. The van der Waals surface area contributed by atoms with E-state index in [-0.39, 0.29) is 0 Å². The minimum absolute atomic E-state index is 0.436. The minimum Gasteiger partial charge on any atom is -0.366 e. The molecule has 6 rings (SSSR count). The van der Waals surface area contributed by atoms with Crippen LogP contribution in [0.4, 0.5) is 0 Å². The molecular weight excluding hydrogens is 456 g/mol. The number of ether oxygens (including phenoxy) is 1. The van der Waals surface area contributed by atoms with E-state index < -0.39 is 0 Å². The summed E-state index contributed by atoms with van der Waals surface area (Å²) in [7, 11) is 0. The van der Waals surface area contributed by atoms with Crippen LogP contribution in [0.1, 0.15) is 22.8 Å². The molecule has 0 saturated heterocycles. The Balaban J connectivity index is 1.20. The Bertz CT molecular complexity index is 1480. The zero-order chi connectivity index (χ0) is 24.9. The van der Waals surface area contributed by atoms with Gasteiger partial charge in [-0.1, -0.05) is 84.9 Å². The molecule has 2 aromatic heterocycles. The Labute approximate surface area is 217 Å². The number of hydrogen-bond acceptors (Lipinski definition) is 3. The highest BCUT2D eigenvalue weighted by molar-refractivity contribution is 5.76. The van der Waals surface area contributed by atoms with Gasteiger partial charge in [0.05, 0.1) is 22.1 Å². The molecule has 0 aliphatic heterocycles. The minimum atomic E-state index is 0.436. The molecule has 0 spiro atoms. The number of para-hydroxylation sites is 4. The van der Waals surface area contributed by atoms with E-state index in [1.807, 2.05) is 12.1 Å². The summed E-state index contributed by atoms with van der Waals surface area (Å²) < 4.78 is 10.9. The van der Waals surface area contributed by atoms with Crippen molar-refractivity contribution in [2.24, 2.45) is 0 Å². The van der Waals surface area contributed by atoms with Crippen molar-refractivity contribution in [3.63, 3.8) is 0 Å². The Morgan fingerprint density at radius 3 is 1.35 bits per heavy atom. The van der Waals surface area contributed by atoms with Crippen LogP contribution in [0.2, 0.25) is 0 Å². The summed E-state index contributed by atoms with van der Waals surface area (Å²) in [5, 5.41) is 0. The lowest BCUT2D eigenvalue weighted by Gasteiger charge is -2.12. The van der Waals surface area contributed by atoms with Gasteiger partial charge >= 0.3 is 0 Å². The summed E-state index contributed by atoms with van der Waals surface area (Å²) in [6, 6.07) is 37.8. The molecule has 5 nitrogen and oxygen atoms in total. The molecule has 0 unspecified atom stereocenters. The Hall–Kier alpha value is -4.22. The lowest BCUT2D eigenvalue weighted by Crippen LogP contribution is -2.11. The van der Waals surface area contributed by atoms with E-state index in [1.165, 1.54) is 11.1 Å². The molecule has 0 bridgehead atoms. The van der Waals surface area contributed by atoms with Gasteiger partial charge in [-0.15, -0.1) is 0 Å². The van der Waals surface area contributed by atoms with Crippen LogP contribution < -0.4 is 0 Å². The summed E-state index contributed by atoms with van der Waals surface area (Å²) in [4.78, 5) is 9.82. The van der Waals surface area contributed by atoms with Crippen molar-refractivity contribution >= 4 is 22.1 Å². The first kappa shape index (κ1) is 23.2. The lowest BCUT2D eigenvalue weighted by molar-refractivity contribution is 0.0926. The highest BCUT2D eigenvalue weighted by Crippen LogP contribution is 2.20. The topological polar surface area (TPSA) is 44.9 Å². The molecule has 0 aliphatic carbocycles. The maximum absolute atomic E-state index is 6.28. The zero-order valence-corrected chi connectivity index (χ0v) is 20.8. The van der Waals surface area contributed by atoms with Crippen LogP contribution in [-0.2, 0) is 43.9 Å². The Morgan fingerprint density at radius 2 is 0.892 bits per heavy atom. The number of imidazole rings is 2. The predicted molar refractivity (Wildman–Crippen MR) is 148 cm³/mol. The first-order valence-electron chi connectivity index (χ1n) is 12.9. The fourth-order valence-electron chi connectivity index (χ4n) is 4.97. The van der Waals surface area contributed by atoms with Gasteiger partial charge in [-0.25, -0.2) is 9.97 Å². The van der Waals surface area contributed by atoms with Gasteiger partial charge in [0, 0.05) is 13.1 Å². The van der Waals surface area contributed by atoms with E-state index in [0.717, 1.165) is 59.6 Å². The molecule has 4 aromatic carbocycles. The number of benzene rings is 4. The molecule has 0 atom stereocenters. The predicted octanol–water partition coefficient (Wildman–Crippen LogP) is 6.59.